The number of hydrogen-bond acceptors (Lipinski definition) is 3. The first-order valence-corrected chi connectivity index (χ1v) is 13.2. The topological polar surface area (TPSA) is 58.6 Å². The van der Waals surface area contributed by atoms with E-state index >= 15 is 0 Å². The molecule has 1 N–H and O–H groups in total. The van der Waals surface area contributed by atoms with Gasteiger partial charge in [0.1, 0.15) is 11.8 Å². The van der Waals surface area contributed by atoms with Crippen molar-refractivity contribution in [2.75, 3.05) is 6.61 Å². The first-order valence-electron chi connectivity index (χ1n) is 12.0. The van der Waals surface area contributed by atoms with Crippen molar-refractivity contribution in [3.63, 3.8) is 0 Å². The van der Waals surface area contributed by atoms with Crippen LogP contribution in [-0.2, 0) is 22.6 Å². The predicted octanol–water partition coefficient (Wildman–Crippen LogP) is 6.34. The number of carbonyl (C=O) groups excluding carboxylic acids is 2. The minimum absolute atomic E-state index is 0.0185. The van der Waals surface area contributed by atoms with Crippen molar-refractivity contribution in [3.8, 4) is 5.75 Å². The van der Waals surface area contributed by atoms with Crippen LogP contribution >= 0.6 is 27.5 Å². The number of nitrogens with zero attached hydrogens (tertiary/aromatic N) is 1. The van der Waals surface area contributed by atoms with Crippen LogP contribution in [0.2, 0.25) is 5.02 Å². The van der Waals surface area contributed by atoms with Crippen molar-refractivity contribution < 1.29 is 14.3 Å². The van der Waals surface area contributed by atoms with E-state index in [9.17, 15) is 9.59 Å². The highest BCUT2D eigenvalue weighted by atomic mass is 79.9. The van der Waals surface area contributed by atoms with Gasteiger partial charge in [0.15, 0.2) is 6.61 Å². The third kappa shape index (κ3) is 7.84. The van der Waals surface area contributed by atoms with E-state index in [0.717, 1.165) is 27.6 Å². The molecule has 0 spiro atoms. The fourth-order valence-electron chi connectivity index (χ4n) is 3.74. The molecule has 5 nitrogen and oxygen atoms in total. The van der Waals surface area contributed by atoms with Crippen LogP contribution in [0.3, 0.4) is 0 Å². The lowest BCUT2D eigenvalue weighted by Gasteiger charge is -2.32. The summed E-state index contributed by atoms with van der Waals surface area (Å²) in [5, 5.41) is 3.60. The van der Waals surface area contributed by atoms with Gasteiger partial charge in [-0.15, -0.1) is 0 Å². The van der Waals surface area contributed by atoms with Crippen LogP contribution < -0.4 is 10.1 Å². The molecule has 0 saturated heterocycles. The molecule has 2 amide bonds. The Hall–Kier alpha value is -2.83. The van der Waals surface area contributed by atoms with E-state index in [2.05, 4.69) is 21.2 Å². The lowest BCUT2D eigenvalue weighted by molar-refractivity contribution is -0.143. The quantitative estimate of drug-likeness (QED) is 0.292. The molecule has 2 unspecified atom stereocenters. The number of halogens is 2. The lowest BCUT2D eigenvalue weighted by atomic mass is 10.0. The van der Waals surface area contributed by atoms with Gasteiger partial charge >= 0.3 is 0 Å². The Labute approximate surface area is 226 Å². The molecule has 3 aromatic carbocycles. The van der Waals surface area contributed by atoms with Gasteiger partial charge in [-0.1, -0.05) is 83.0 Å². The predicted molar refractivity (Wildman–Crippen MR) is 148 cm³/mol. The van der Waals surface area contributed by atoms with Crippen LogP contribution in [0.1, 0.15) is 37.0 Å². The zero-order valence-corrected chi connectivity index (χ0v) is 23.2. The number of nitrogens with one attached hydrogen (secondary N) is 1. The van der Waals surface area contributed by atoms with Crippen molar-refractivity contribution in [3.05, 3.63) is 99.0 Å². The third-order valence-electron chi connectivity index (χ3n) is 6.06. The summed E-state index contributed by atoms with van der Waals surface area (Å²) in [7, 11) is 0. The van der Waals surface area contributed by atoms with Crippen molar-refractivity contribution in [1.29, 1.82) is 0 Å². The average molecular weight is 572 g/mol. The van der Waals surface area contributed by atoms with E-state index < -0.39 is 6.04 Å². The van der Waals surface area contributed by atoms with E-state index in [1.807, 2.05) is 81.4 Å². The molecular weight excluding hydrogens is 540 g/mol. The van der Waals surface area contributed by atoms with Crippen LogP contribution in [-0.4, -0.2) is 35.4 Å². The molecule has 3 rings (SSSR count). The molecule has 0 aliphatic carbocycles. The molecule has 0 fully saturated rings. The Balaban J connectivity index is 1.92. The number of rotatable bonds is 11. The number of hydrogen-bond donors (Lipinski definition) is 1. The van der Waals surface area contributed by atoms with Crippen molar-refractivity contribution in [2.24, 2.45) is 0 Å². The minimum Gasteiger partial charge on any atom is -0.484 e. The van der Waals surface area contributed by atoms with E-state index in [4.69, 9.17) is 16.3 Å². The number of ether oxygens (including phenoxy) is 1. The second-order valence-corrected chi connectivity index (χ2v) is 10.1. The standard InChI is InChI=1S/C29H32BrClN2O3/c1-4-21(3)32-29(35)27(17-22-10-6-5-7-11-22)33(18-23-12-8-9-13-26(23)31)28(34)19-36-24-14-15-25(30)20(2)16-24/h5-16,21,27H,4,17-19H2,1-3H3,(H,32,35). The maximum absolute atomic E-state index is 13.6. The Morgan fingerprint density at radius 3 is 2.42 bits per heavy atom. The normalized spacial score (nSPS) is 12.5. The molecule has 0 aliphatic rings. The van der Waals surface area contributed by atoms with Crippen molar-refractivity contribution in [2.45, 2.75) is 52.2 Å². The third-order valence-corrected chi connectivity index (χ3v) is 7.32. The van der Waals surface area contributed by atoms with E-state index in [1.165, 1.54) is 0 Å². The molecule has 0 heterocycles. The number of aryl methyl sites for hydroxylation is 1. The smallest absolute Gasteiger partial charge is 0.261 e. The molecule has 2 atom stereocenters. The van der Waals surface area contributed by atoms with Gasteiger partial charge in [0.25, 0.3) is 5.91 Å². The Morgan fingerprint density at radius 2 is 1.75 bits per heavy atom. The minimum atomic E-state index is -0.736. The molecular formula is C29H32BrClN2O3. The molecule has 190 valence electrons. The van der Waals surface area contributed by atoms with Gasteiger partial charge in [0.2, 0.25) is 5.91 Å². The largest absolute Gasteiger partial charge is 0.484 e. The second-order valence-electron chi connectivity index (χ2n) is 8.84. The number of amides is 2. The highest BCUT2D eigenvalue weighted by molar-refractivity contribution is 9.10. The van der Waals surface area contributed by atoms with Gasteiger partial charge in [0.05, 0.1) is 0 Å². The number of carbonyl (C=O) groups is 2. The summed E-state index contributed by atoms with van der Waals surface area (Å²) in [5.41, 5.74) is 2.73. The molecule has 3 aromatic rings. The zero-order valence-electron chi connectivity index (χ0n) is 20.8. The van der Waals surface area contributed by atoms with Crippen molar-refractivity contribution >= 4 is 39.3 Å². The van der Waals surface area contributed by atoms with E-state index in [1.54, 1.807) is 17.0 Å². The fraction of sp³-hybridized carbons (Fsp3) is 0.310. The second kappa shape index (κ2) is 13.5. The maximum atomic E-state index is 13.6. The summed E-state index contributed by atoms with van der Waals surface area (Å²) in [6.07, 6.45) is 1.16. The molecule has 0 radical (unpaired) electrons. The summed E-state index contributed by atoms with van der Waals surface area (Å²) < 4.78 is 6.82. The van der Waals surface area contributed by atoms with Gasteiger partial charge < -0.3 is 15.0 Å². The van der Waals surface area contributed by atoms with E-state index in [-0.39, 0.29) is 31.0 Å². The first kappa shape index (κ1) is 27.8. The van der Waals surface area contributed by atoms with Crippen LogP contribution in [0.25, 0.3) is 0 Å². The SMILES string of the molecule is CCC(C)NC(=O)C(Cc1ccccc1)N(Cc1ccccc1Cl)C(=O)COc1ccc(Br)c(C)c1. The maximum Gasteiger partial charge on any atom is 0.261 e. The molecule has 7 heteroatoms. The summed E-state index contributed by atoms with van der Waals surface area (Å²) in [4.78, 5) is 28.7. The van der Waals surface area contributed by atoms with Crippen LogP contribution in [0.5, 0.6) is 5.75 Å². The van der Waals surface area contributed by atoms with Crippen LogP contribution in [0, 0.1) is 6.92 Å². The van der Waals surface area contributed by atoms with Crippen LogP contribution in [0.15, 0.2) is 77.3 Å². The molecule has 0 aromatic heterocycles. The van der Waals surface area contributed by atoms with Crippen molar-refractivity contribution in [1.82, 2.24) is 10.2 Å². The first-order chi connectivity index (χ1) is 17.3. The Morgan fingerprint density at radius 1 is 1.06 bits per heavy atom. The highest BCUT2D eigenvalue weighted by Gasteiger charge is 2.31. The monoisotopic (exact) mass is 570 g/mol. The summed E-state index contributed by atoms with van der Waals surface area (Å²) in [6.45, 7) is 5.91. The lowest BCUT2D eigenvalue weighted by Crippen LogP contribution is -2.53. The summed E-state index contributed by atoms with van der Waals surface area (Å²) in [5.74, 6) is 0.0919. The molecule has 0 aliphatic heterocycles. The molecule has 0 saturated carbocycles. The Kier molecular flexibility index (Phi) is 10.4. The zero-order chi connectivity index (χ0) is 26.1. The van der Waals surface area contributed by atoms with Gasteiger partial charge in [-0.25, -0.2) is 0 Å². The average Bonchev–Trinajstić information content (AvgIpc) is 2.88. The van der Waals surface area contributed by atoms with Crippen LogP contribution in [0.4, 0.5) is 0 Å². The van der Waals surface area contributed by atoms with Gasteiger partial charge in [-0.05, 0) is 61.2 Å². The summed E-state index contributed by atoms with van der Waals surface area (Å²) in [6, 6.07) is 21.9. The molecule has 36 heavy (non-hydrogen) atoms. The summed E-state index contributed by atoms with van der Waals surface area (Å²) >= 11 is 9.94. The number of benzene rings is 3. The Bertz CT molecular complexity index is 1170. The van der Waals surface area contributed by atoms with Gasteiger partial charge in [-0.3, -0.25) is 9.59 Å². The van der Waals surface area contributed by atoms with Gasteiger partial charge in [-0.2, -0.15) is 0 Å². The highest BCUT2D eigenvalue weighted by Crippen LogP contribution is 2.23. The molecule has 0 bridgehead atoms. The fourth-order valence-corrected chi connectivity index (χ4v) is 4.18. The van der Waals surface area contributed by atoms with Gasteiger partial charge in [0, 0.05) is 28.5 Å². The van der Waals surface area contributed by atoms with E-state index in [0.29, 0.717) is 17.2 Å².